The topological polar surface area (TPSA) is 91.2 Å². The van der Waals surface area contributed by atoms with E-state index in [0.29, 0.717) is 17.2 Å². The standard InChI is InChI=1S/C26H30N6O2/c1-4-10-31-20(12-15-6-5-9-28-24(15)31)25-29-18-11-17(13-21(34-3)23(18)30(25)2)26(33)32-14-16-7-8-19(32)22(16)27/h5-6,9,11-13,16,19,22H,4,7-8,10,14,27H2,1-3H3/t16-,19-,22-/m0/s1. The molecule has 4 aromatic rings. The van der Waals surface area contributed by atoms with Gasteiger partial charge in [0.2, 0.25) is 0 Å². The highest BCUT2D eigenvalue weighted by Gasteiger charge is 2.47. The summed E-state index contributed by atoms with van der Waals surface area (Å²) < 4.78 is 10.0. The minimum atomic E-state index is 0.0133. The monoisotopic (exact) mass is 458 g/mol. The summed E-state index contributed by atoms with van der Waals surface area (Å²) in [5, 5.41) is 1.08. The van der Waals surface area contributed by atoms with Crippen molar-refractivity contribution in [3.8, 4) is 17.3 Å². The van der Waals surface area contributed by atoms with Gasteiger partial charge in [0, 0.05) is 49.4 Å². The summed E-state index contributed by atoms with van der Waals surface area (Å²) in [6, 6.07) is 10.1. The first-order chi connectivity index (χ1) is 16.5. The lowest BCUT2D eigenvalue weighted by atomic mass is 10.1. The molecule has 1 saturated carbocycles. The number of aryl methyl sites for hydroxylation is 2. The van der Waals surface area contributed by atoms with Gasteiger partial charge in [-0.1, -0.05) is 6.92 Å². The molecule has 34 heavy (non-hydrogen) atoms. The molecule has 1 aromatic carbocycles. The molecule has 8 heteroatoms. The average Bonchev–Trinajstić information content (AvgIpc) is 3.59. The lowest BCUT2D eigenvalue weighted by molar-refractivity contribution is 0.0700. The van der Waals surface area contributed by atoms with Crippen LogP contribution in [0.15, 0.2) is 36.5 Å². The third-order valence-electron chi connectivity index (χ3n) is 7.65. The number of aromatic nitrogens is 4. The minimum Gasteiger partial charge on any atom is -0.494 e. The first-order valence-corrected chi connectivity index (χ1v) is 12.1. The molecule has 3 atom stereocenters. The van der Waals surface area contributed by atoms with Crippen LogP contribution in [0.2, 0.25) is 0 Å². The fourth-order valence-electron chi connectivity index (χ4n) is 5.99. The number of likely N-dealkylation sites (tertiary alicyclic amines) is 1. The summed E-state index contributed by atoms with van der Waals surface area (Å²) >= 11 is 0. The number of hydrogen-bond acceptors (Lipinski definition) is 5. The van der Waals surface area contributed by atoms with E-state index in [2.05, 4.69) is 33.2 Å². The maximum absolute atomic E-state index is 13.5. The third kappa shape index (κ3) is 2.98. The van der Waals surface area contributed by atoms with Gasteiger partial charge in [-0.3, -0.25) is 4.79 Å². The van der Waals surface area contributed by atoms with Crippen molar-refractivity contribution in [3.05, 3.63) is 42.1 Å². The Morgan fingerprint density at radius 1 is 1.26 bits per heavy atom. The van der Waals surface area contributed by atoms with Gasteiger partial charge in [0.1, 0.15) is 16.9 Å². The molecule has 4 heterocycles. The quantitative estimate of drug-likeness (QED) is 0.494. The van der Waals surface area contributed by atoms with E-state index in [-0.39, 0.29) is 18.0 Å². The van der Waals surface area contributed by atoms with E-state index < -0.39 is 0 Å². The van der Waals surface area contributed by atoms with Crippen LogP contribution in [0.3, 0.4) is 0 Å². The summed E-state index contributed by atoms with van der Waals surface area (Å²) in [5.74, 6) is 1.90. The van der Waals surface area contributed by atoms with Gasteiger partial charge in [-0.2, -0.15) is 0 Å². The van der Waals surface area contributed by atoms with Crippen LogP contribution in [-0.4, -0.2) is 55.6 Å². The van der Waals surface area contributed by atoms with Gasteiger partial charge < -0.3 is 24.5 Å². The summed E-state index contributed by atoms with van der Waals surface area (Å²) in [6.07, 6.45) is 4.91. The van der Waals surface area contributed by atoms with Crippen LogP contribution in [0, 0.1) is 5.92 Å². The second-order valence-electron chi connectivity index (χ2n) is 9.58. The second-order valence-corrected chi connectivity index (χ2v) is 9.58. The number of imidazole rings is 1. The Morgan fingerprint density at radius 2 is 2.12 bits per heavy atom. The van der Waals surface area contributed by atoms with E-state index in [4.69, 9.17) is 15.5 Å². The molecule has 176 valence electrons. The smallest absolute Gasteiger partial charge is 0.254 e. The number of ether oxygens (including phenoxy) is 1. The molecular formula is C26H30N6O2. The zero-order valence-electron chi connectivity index (χ0n) is 19.9. The first-order valence-electron chi connectivity index (χ1n) is 12.1. The maximum Gasteiger partial charge on any atom is 0.254 e. The molecule has 2 N–H and O–H groups in total. The number of nitrogens with zero attached hydrogens (tertiary/aromatic N) is 5. The van der Waals surface area contributed by atoms with Gasteiger partial charge in [-0.05, 0) is 55.5 Å². The van der Waals surface area contributed by atoms with Crippen LogP contribution in [0.1, 0.15) is 36.5 Å². The summed E-state index contributed by atoms with van der Waals surface area (Å²) in [4.78, 5) is 25.0. The minimum absolute atomic E-state index is 0.0133. The number of rotatable bonds is 5. The first kappa shape index (κ1) is 21.2. The van der Waals surface area contributed by atoms with Gasteiger partial charge in [-0.25, -0.2) is 9.97 Å². The van der Waals surface area contributed by atoms with E-state index in [1.54, 1.807) is 7.11 Å². The van der Waals surface area contributed by atoms with Crippen molar-refractivity contribution in [3.63, 3.8) is 0 Å². The molecule has 6 rings (SSSR count). The largest absolute Gasteiger partial charge is 0.494 e. The van der Waals surface area contributed by atoms with Crippen LogP contribution in [0.4, 0.5) is 0 Å². The second kappa shape index (κ2) is 7.84. The number of fused-ring (bicyclic) bond motifs is 4. The molecule has 2 aliphatic rings. The van der Waals surface area contributed by atoms with Crippen LogP contribution in [0.25, 0.3) is 33.6 Å². The number of methoxy groups -OCH3 is 1. The van der Waals surface area contributed by atoms with Crippen LogP contribution < -0.4 is 10.5 Å². The van der Waals surface area contributed by atoms with Gasteiger partial charge in [0.05, 0.1) is 18.3 Å². The van der Waals surface area contributed by atoms with Crippen molar-refractivity contribution in [1.82, 2.24) is 24.0 Å². The lowest BCUT2D eigenvalue weighted by Crippen LogP contribution is -2.41. The maximum atomic E-state index is 13.5. The Bertz CT molecular complexity index is 1420. The SMILES string of the molecule is CCCn1c(-c2nc3cc(C(=O)N4C[C@@H]5CC[C@H]4[C@H]5N)cc(OC)c3n2C)cc2cccnc21. The number of benzene rings is 1. The third-order valence-corrected chi connectivity index (χ3v) is 7.65. The van der Waals surface area contributed by atoms with Crippen molar-refractivity contribution in [1.29, 1.82) is 0 Å². The zero-order chi connectivity index (χ0) is 23.6. The molecule has 1 amide bonds. The Hall–Kier alpha value is -3.39. The van der Waals surface area contributed by atoms with Gasteiger partial charge in [-0.15, -0.1) is 0 Å². The molecule has 0 spiro atoms. The van der Waals surface area contributed by atoms with Gasteiger partial charge in [0.25, 0.3) is 5.91 Å². The Morgan fingerprint density at radius 3 is 2.82 bits per heavy atom. The molecule has 3 aromatic heterocycles. The van der Waals surface area contributed by atoms with E-state index in [1.807, 2.05) is 36.3 Å². The summed E-state index contributed by atoms with van der Waals surface area (Å²) in [5.41, 5.74) is 10.5. The summed E-state index contributed by atoms with van der Waals surface area (Å²) in [7, 11) is 3.63. The van der Waals surface area contributed by atoms with E-state index in [0.717, 1.165) is 65.9 Å². The zero-order valence-corrected chi connectivity index (χ0v) is 19.9. The lowest BCUT2D eigenvalue weighted by Gasteiger charge is -2.27. The highest BCUT2D eigenvalue weighted by molar-refractivity contribution is 6.00. The Balaban J connectivity index is 1.48. The molecule has 0 unspecified atom stereocenters. The number of amides is 1. The predicted molar refractivity (Wildman–Crippen MR) is 132 cm³/mol. The Labute approximate surface area is 198 Å². The van der Waals surface area contributed by atoms with Gasteiger partial charge >= 0.3 is 0 Å². The normalized spacial score (nSPS) is 21.8. The number of piperidine rings is 1. The van der Waals surface area contributed by atoms with Crippen LogP contribution >= 0.6 is 0 Å². The molecule has 1 saturated heterocycles. The fraction of sp³-hybridized carbons (Fsp3) is 0.423. The number of hydrogen-bond donors (Lipinski definition) is 1. The molecular weight excluding hydrogens is 428 g/mol. The van der Waals surface area contributed by atoms with Crippen LogP contribution in [-0.2, 0) is 13.6 Å². The van der Waals surface area contributed by atoms with Crippen LogP contribution in [0.5, 0.6) is 5.75 Å². The molecule has 8 nitrogen and oxygen atoms in total. The Kier molecular flexibility index (Phi) is 4.88. The van der Waals surface area contributed by atoms with E-state index in [9.17, 15) is 4.79 Å². The highest BCUT2D eigenvalue weighted by Crippen LogP contribution is 2.39. The highest BCUT2D eigenvalue weighted by atomic mass is 16.5. The molecule has 2 bridgehead atoms. The number of carbonyl (C=O) groups excluding carboxylic acids is 1. The number of nitrogens with two attached hydrogens (primary N) is 1. The molecule has 1 aliphatic heterocycles. The van der Waals surface area contributed by atoms with Crippen molar-refractivity contribution in [2.24, 2.45) is 18.7 Å². The van der Waals surface area contributed by atoms with Crippen molar-refractivity contribution < 1.29 is 9.53 Å². The molecule has 1 aliphatic carbocycles. The van der Waals surface area contributed by atoms with Crippen molar-refractivity contribution in [2.45, 2.75) is 44.8 Å². The fourth-order valence-corrected chi connectivity index (χ4v) is 5.99. The average molecular weight is 459 g/mol. The summed E-state index contributed by atoms with van der Waals surface area (Å²) in [6.45, 7) is 3.74. The number of pyridine rings is 1. The van der Waals surface area contributed by atoms with Gasteiger partial charge in [0.15, 0.2) is 5.82 Å². The van der Waals surface area contributed by atoms with Crippen molar-refractivity contribution in [2.75, 3.05) is 13.7 Å². The molecule has 2 fully saturated rings. The molecule has 0 radical (unpaired) electrons. The number of carbonyl (C=O) groups is 1. The van der Waals surface area contributed by atoms with Crippen molar-refractivity contribution >= 4 is 28.0 Å². The predicted octanol–water partition coefficient (Wildman–Crippen LogP) is 3.57. The van der Waals surface area contributed by atoms with E-state index in [1.165, 1.54) is 0 Å². The van der Waals surface area contributed by atoms with E-state index >= 15 is 0 Å².